The zero-order valence-corrected chi connectivity index (χ0v) is 16.0. The zero-order valence-electron chi connectivity index (χ0n) is 16.0. The highest BCUT2D eigenvalue weighted by molar-refractivity contribution is 5.94. The number of nitrogens with one attached hydrogen (secondary N) is 1. The summed E-state index contributed by atoms with van der Waals surface area (Å²) >= 11 is 0. The Hall–Kier alpha value is -2.85. The van der Waals surface area contributed by atoms with Crippen molar-refractivity contribution in [1.29, 1.82) is 0 Å². The lowest BCUT2D eigenvalue weighted by molar-refractivity contribution is 0.0535. The van der Waals surface area contributed by atoms with Crippen LogP contribution >= 0.6 is 0 Å². The number of rotatable bonds is 4. The molecular weight excluding hydrogens is 348 g/mol. The third-order valence-electron chi connectivity index (χ3n) is 6.00. The maximum absolute atomic E-state index is 11.7. The van der Waals surface area contributed by atoms with Gasteiger partial charge in [-0.1, -0.05) is 42.5 Å². The molecular formula is C24H24N2O2. The van der Waals surface area contributed by atoms with Crippen LogP contribution in [-0.4, -0.2) is 25.1 Å². The minimum Gasteiger partial charge on any atom is -0.457 e. The van der Waals surface area contributed by atoms with E-state index in [-0.39, 0.29) is 5.97 Å². The number of fused-ring (bicyclic) bond motifs is 2. The first-order valence-electron chi connectivity index (χ1n) is 9.98. The summed E-state index contributed by atoms with van der Waals surface area (Å²) in [5, 5.41) is 6.44. The molecule has 0 bridgehead atoms. The van der Waals surface area contributed by atoms with E-state index >= 15 is 0 Å². The molecule has 28 heavy (non-hydrogen) atoms. The van der Waals surface area contributed by atoms with Crippen LogP contribution < -0.4 is 10.2 Å². The van der Waals surface area contributed by atoms with Gasteiger partial charge in [0.15, 0.2) is 0 Å². The molecule has 4 nitrogen and oxygen atoms in total. The van der Waals surface area contributed by atoms with Crippen LogP contribution in [0.2, 0.25) is 0 Å². The zero-order chi connectivity index (χ0) is 19.1. The number of benzene rings is 3. The predicted octanol–water partition coefficient (Wildman–Crippen LogP) is 4.44. The number of ether oxygens (including phenoxy) is 1. The van der Waals surface area contributed by atoms with Crippen LogP contribution in [0.5, 0.6) is 0 Å². The third kappa shape index (κ3) is 3.04. The smallest absolute Gasteiger partial charge is 0.338 e. The monoisotopic (exact) mass is 372 g/mol. The summed E-state index contributed by atoms with van der Waals surface area (Å²) in [6.45, 7) is 4.65. The van der Waals surface area contributed by atoms with E-state index in [9.17, 15) is 4.79 Å². The van der Waals surface area contributed by atoms with Gasteiger partial charge in [-0.25, -0.2) is 4.79 Å². The van der Waals surface area contributed by atoms with Crippen molar-refractivity contribution in [1.82, 2.24) is 5.32 Å². The first-order valence-corrected chi connectivity index (χ1v) is 9.98. The fourth-order valence-electron chi connectivity index (χ4n) is 4.52. The molecule has 0 radical (unpaired) electrons. The van der Waals surface area contributed by atoms with Gasteiger partial charge in [0.2, 0.25) is 0 Å². The van der Waals surface area contributed by atoms with Crippen molar-refractivity contribution in [2.75, 3.05) is 18.0 Å². The van der Waals surface area contributed by atoms with Crippen LogP contribution in [0.15, 0.2) is 60.7 Å². The lowest BCUT2D eigenvalue weighted by Crippen LogP contribution is -2.34. The van der Waals surface area contributed by atoms with E-state index in [2.05, 4.69) is 65.7 Å². The average molecular weight is 372 g/mol. The summed E-state index contributed by atoms with van der Waals surface area (Å²) in [5.74, 6) is -0.202. The van der Waals surface area contributed by atoms with Crippen LogP contribution in [-0.2, 0) is 11.3 Å². The van der Waals surface area contributed by atoms with E-state index in [0.29, 0.717) is 24.3 Å². The van der Waals surface area contributed by atoms with E-state index in [1.54, 1.807) is 0 Å². The minimum atomic E-state index is -0.202. The summed E-state index contributed by atoms with van der Waals surface area (Å²) in [7, 11) is 0. The van der Waals surface area contributed by atoms with Crippen molar-refractivity contribution in [3.8, 4) is 0 Å². The Bertz CT molecular complexity index is 1040. The molecule has 3 aromatic carbocycles. The number of carbonyl (C=O) groups excluding carboxylic acids is 1. The SMILES string of the molecule is C[C@@H](N[C@H]1CCN(c2ccc3c(c2)COC3=O)C1)c1cccc2ccccc12. The van der Waals surface area contributed by atoms with Crippen LogP contribution in [0.25, 0.3) is 10.8 Å². The lowest BCUT2D eigenvalue weighted by atomic mass is 9.99. The van der Waals surface area contributed by atoms with E-state index in [4.69, 9.17) is 4.74 Å². The second kappa shape index (κ2) is 6.95. The molecule has 2 atom stereocenters. The van der Waals surface area contributed by atoms with Crippen molar-refractivity contribution in [2.24, 2.45) is 0 Å². The molecule has 0 saturated carbocycles. The highest BCUT2D eigenvalue weighted by Gasteiger charge is 2.27. The van der Waals surface area contributed by atoms with E-state index in [1.807, 2.05) is 12.1 Å². The molecule has 0 unspecified atom stereocenters. The maximum atomic E-state index is 11.7. The van der Waals surface area contributed by atoms with Crippen LogP contribution in [0.3, 0.4) is 0 Å². The van der Waals surface area contributed by atoms with Crippen LogP contribution in [0.4, 0.5) is 5.69 Å². The summed E-state index contributed by atoms with van der Waals surface area (Å²) in [6.07, 6.45) is 1.11. The number of esters is 1. The molecule has 1 saturated heterocycles. The highest BCUT2D eigenvalue weighted by atomic mass is 16.5. The molecule has 5 rings (SSSR count). The molecule has 0 aromatic heterocycles. The molecule has 2 aliphatic heterocycles. The van der Waals surface area contributed by atoms with Gasteiger partial charge in [-0.3, -0.25) is 0 Å². The van der Waals surface area contributed by atoms with Crippen molar-refractivity contribution >= 4 is 22.4 Å². The fourth-order valence-corrected chi connectivity index (χ4v) is 4.52. The van der Waals surface area contributed by atoms with Gasteiger partial charge in [0.05, 0.1) is 5.56 Å². The highest BCUT2D eigenvalue weighted by Crippen LogP contribution is 2.29. The second-order valence-electron chi connectivity index (χ2n) is 7.81. The Labute approximate surface area is 165 Å². The first-order chi connectivity index (χ1) is 13.7. The van der Waals surface area contributed by atoms with Gasteiger partial charge >= 0.3 is 5.97 Å². The van der Waals surface area contributed by atoms with Gasteiger partial charge in [-0.05, 0) is 47.9 Å². The molecule has 4 heteroatoms. The van der Waals surface area contributed by atoms with Crippen LogP contribution in [0.1, 0.15) is 40.9 Å². The topological polar surface area (TPSA) is 41.6 Å². The number of cyclic esters (lactones) is 1. The molecule has 3 aromatic rings. The van der Waals surface area contributed by atoms with Gasteiger partial charge < -0.3 is 15.0 Å². The molecule has 2 heterocycles. The Morgan fingerprint density at radius 1 is 1.11 bits per heavy atom. The Morgan fingerprint density at radius 2 is 1.96 bits per heavy atom. The normalized spacial score (nSPS) is 19.7. The first kappa shape index (κ1) is 17.3. The van der Waals surface area contributed by atoms with Crippen molar-refractivity contribution in [2.45, 2.75) is 32.0 Å². The molecule has 142 valence electrons. The molecule has 0 aliphatic carbocycles. The summed E-state index contributed by atoms with van der Waals surface area (Å²) in [4.78, 5) is 14.1. The Kier molecular flexibility index (Phi) is 4.29. The number of anilines is 1. The molecule has 2 aliphatic rings. The summed E-state index contributed by atoms with van der Waals surface area (Å²) < 4.78 is 5.13. The van der Waals surface area contributed by atoms with Gasteiger partial charge in [0.25, 0.3) is 0 Å². The molecule has 1 N–H and O–H groups in total. The number of nitrogens with zero attached hydrogens (tertiary/aromatic N) is 1. The number of carbonyl (C=O) groups is 1. The lowest BCUT2D eigenvalue weighted by Gasteiger charge is -2.23. The van der Waals surface area contributed by atoms with E-state index < -0.39 is 0 Å². The van der Waals surface area contributed by atoms with Crippen molar-refractivity contribution < 1.29 is 9.53 Å². The van der Waals surface area contributed by atoms with Gasteiger partial charge in [0, 0.05) is 36.4 Å². The minimum absolute atomic E-state index is 0.202. The predicted molar refractivity (Wildman–Crippen MR) is 112 cm³/mol. The summed E-state index contributed by atoms with van der Waals surface area (Å²) in [5.41, 5.74) is 4.24. The molecule has 0 amide bonds. The molecule has 0 spiro atoms. The van der Waals surface area contributed by atoms with Gasteiger partial charge in [0.1, 0.15) is 6.61 Å². The number of hydrogen-bond donors (Lipinski definition) is 1. The standard InChI is InChI=1S/C24H24N2O2/c1-16(21-8-4-6-17-5-2-3-7-22(17)21)25-19-11-12-26(14-19)20-9-10-23-18(13-20)15-28-24(23)27/h2-10,13,16,19,25H,11-12,14-15H2,1H3/t16-,19+/m1/s1. The van der Waals surface area contributed by atoms with Gasteiger partial charge in [-0.2, -0.15) is 0 Å². The molecule has 1 fully saturated rings. The Morgan fingerprint density at radius 3 is 2.89 bits per heavy atom. The Balaban J connectivity index is 1.29. The van der Waals surface area contributed by atoms with E-state index in [1.165, 1.54) is 22.0 Å². The maximum Gasteiger partial charge on any atom is 0.338 e. The van der Waals surface area contributed by atoms with Crippen molar-refractivity contribution in [3.05, 3.63) is 77.4 Å². The third-order valence-corrected chi connectivity index (χ3v) is 6.00. The number of hydrogen-bond acceptors (Lipinski definition) is 4. The average Bonchev–Trinajstić information content (AvgIpc) is 3.34. The fraction of sp³-hybridized carbons (Fsp3) is 0.292. The quantitative estimate of drug-likeness (QED) is 0.688. The summed E-state index contributed by atoms with van der Waals surface area (Å²) in [6, 6.07) is 21.9. The van der Waals surface area contributed by atoms with Crippen LogP contribution in [0, 0.1) is 0 Å². The van der Waals surface area contributed by atoms with Gasteiger partial charge in [-0.15, -0.1) is 0 Å². The second-order valence-corrected chi connectivity index (χ2v) is 7.81. The van der Waals surface area contributed by atoms with E-state index in [0.717, 1.165) is 25.1 Å². The van der Waals surface area contributed by atoms with Crippen molar-refractivity contribution in [3.63, 3.8) is 0 Å². The largest absolute Gasteiger partial charge is 0.457 e.